The van der Waals surface area contributed by atoms with E-state index in [1.54, 1.807) is 0 Å². The van der Waals surface area contributed by atoms with Gasteiger partial charge < -0.3 is 15.2 Å². The van der Waals surface area contributed by atoms with Crippen molar-refractivity contribution in [3.05, 3.63) is 23.8 Å². The maximum atomic E-state index is 6.24. The van der Waals surface area contributed by atoms with Gasteiger partial charge in [-0.05, 0) is 52.3 Å². The normalized spacial score (nSPS) is 19.9. The summed E-state index contributed by atoms with van der Waals surface area (Å²) in [5, 5.41) is 0. The lowest BCUT2D eigenvalue weighted by molar-refractivity contribution is 0.125. The SMILES string of the molecule is CCCN1CCCCC1C(CN)c1ccc(OCC)cc1OCC. The van der Waals surface area contributed by atoms with Crippen molar-refractivity contribution in [3.63, 3.8) is 0 Å². The van der Waals surface area contributed by atoms with Crippen LogP contribution in [0.15, 0.2) is 18.2 Å². The lowest BCUT2D eigenvalue weighted by atomic mass is 9.84. The molecule has 0 bridgehead atoms. The third-order valence-corrected chi connectivity index (χ3v) is 4.89. The topological polar surface area (TPSA) is 47.7 Å². The van der Waals surface area contributed by atoms with Crippen molar-refractivity contribution >= 4 is 0 Å². The van der Waals surface area contributed by atoms with Gasteiger partial charge in [0.2, 0.25) is 0 Å². The van der Waals surface area contributed by atoms with Gasteiger partial charge >= 0.3 is 0 Å². The number of likely N-dealkylation sites (tertiary alicyclic amines) is 1. The Morgan fingerprint density at radius 1 is 1.17 bits per heavy atom. The predicted molar refractivity (Wildman–Crippen MR) is 100 cm³/mol. The van der Waals surface area contributed by atoms with E-state index in [4.69, 9.17) is 15.2 Å². The van der Waals surface area contributed by atoms with Gasteiger partial charge in [0.1, 0.15) is 11.5 Å². The first kappa shape index (κ1) is 19.1. The van der Waals surface area contributed by atoms with E-state index in [9.17, 15) is 0 Å². The second kappa shape index (κ2) is 9.90. The molecule has 1 aliphatic heterocycles. The minimum Gasteiger partial charge on any atom is -0.494 e. The van der Waals surface area contributed by atoms with Gasteiger partial charge in [0, 0.05) is 30.1 Å². The Hall–Kier alpha value is -1.26. The van der Waals surface area contributed by atoms with E-state index in [-0.39, 0.29) is 0 Å². The summed E-state index contributed by atoms with van der Waals surface area (Å²) in [6.07, 6.45) is 5.01. The molecule has 2 rings (SSSR count). The summed E-state index contributed by atoms with van der Waals surface area (Å²) in [5.74, 6) is 2.12. The van der Waals surface area contributed by atoms with Gasteiger partial charge in [-0.1, -0.05) is 19.4 Å². The standard InChI is InChI=1S/C20H34N2O2/c1-4-12-22-13-8-7-9-19(22)18(15-21)17-11-10-16(23-5-2)14-20(17)24-6-3/h10-11,14,18-19H,4-9,12-13,15,21H2,1-3H3. The molecule has 0 aliphatic carbocycles. The number of nitrogens with zero attached hydrogens (tertiary/aromatic N) is 1. The fourth-order valence-electron chi connectivity index (χ4n) is 3.89. The molecule has 1 fully saturated rings. The molecule has 0 spiro atoms. The maximum Gasteiger partial charge on any atom is 0.126 e. The van der Waals surface area contributed by atoms with Crippen LogP contribution >= 0.6 is 0 Å². The number of rotatable bonds is 9. The molecule has 1 aliphatic rings. The van der Waals surface area contributed by atoms with Crippen molar-refractivity contribution < 1.29 is 9.47 Å². The van der Waals surface area contributed by atoms with Crippen molar-refractivity contribution in [2.45, 2.75) is 58.4 Å². The van der Waals surface area contributed by atoms with E-state index in [0.29, 0.717) is 31.7 Å². The van der Waals surface area contributed by atoms with Crippen molar-refractivity contribution in [3.8, 4) is 11.5 Å². The molecule has 0 saturated carbocycles. The van der Waals surface area contributed by atoms with Crippen LogP contribution in [-0.4, -0.2) is 43.8 Å². The van der Waals surface area contributed by atoms with Crippen LogP contribution in [0.5, 0.6) is 11.5 Å². The van der Waals surface area contributed by atoms with Crippen LogP contribution in [-0.2, 0) is 0 Å². The van der Waals surface area contributed by atoms with Crippen molar-refractivity contribution in [2.24, 2.45) is 5.73 Å². The van der Waals surface area contributed by atoms with Crippen LogP contribution in [0.1, 0.15) is 57.9 Å². The first-order chi connectivity index (χ1) is 11.7. The van der Waals surface area contributed by atoms with Crippen LogP contribution in [0.3, 0.4) is 0 Å². The molecule has 2 atom stereocenters. The largest absolute Gasteiger partial charge is 0.494 e. The monoisotopic (exact) mass is 334 g/mol. The third-order valence-electron chi connectivity index (χ3n) is 4.89. The lowest BCUT2D eigenvalue weighted by Crippen LogP contribution is -2.45. The highest BCUT2D eigenvalue weighted by Crippen LogP contribution is 2.36. The molecule has 136 valence electrons. The van der Waals surface area contributed by atoms with Crippen LogP contribution < -0.4 is 15.2 Å². The van der Waals surface area contributed by atoms with E-state index in [1.807, 2.05) is 19.9 Å². The number of hydrogen-bond acceptors (Lipinski definition) is 4. The van der Waals surface area contributed by atoms with E-state index in [2.05, 4.69) is 24.0 Å². The number of hydrogen-bond donors (Lipinski definition) is 1. The second-order valence-corrected chi connectivity index (χ2v) is 6.51. The van der Waals surface area contributed by atoms with Gasteiger partial charge in [0.05, 0.1) is 13.2 Å². The summed E-state index contributed by atoms with van der Waals surface area (Å²) in [6, 6.07) is 6.75. The smallest absolute Gasteiger partial charge is 0.126 e. The Morgan fingerprint density at radius 3 is 2.62 bits per heavy atom. The van der Waals surface area contributed by atoms with Gasteiger partial charge in [-0.15, -0.1) is 0 Å². The van der Waals surface area contributed by atoms with E-state index >= 15 is 0 Å². The summed E-state index contributed by atoms with van der Waals surface area (Å²) in [6.45, 7) is 10.6. The average Bonchev–Trinajstić information content (AvgIpc) is 2.59. The number of piperidine rings is 1. The summed E-state index contributed by atoms with van der Waals surface area (Å²) >= 11 is 0. The van der Waals surface area contributed by atoms with Gasteiger partial charge in [-0.3, -0.25) is 4.90 Å². The molecule has 1 aromatic rings. The molecule has 1 saturated heterocycles. The molecule has 2 unspecified atom stereocenters. The molecule has 2 N–H and O–H groups in total. The molecule has 4 nitrogen and oxygen atoms in total. The van der Waals surface area contributed by atoms with Gasteiger partial charge in [0.25, 0.3) is 0 Å². The number of nitrogens with two attached hydrogens (primary N) is 1. The zero-order chi connectivity index (χ0) is 17.4. The van der Waals surface area contributed by atoms with Crippen LogP contribution in [0, 0.1) is 0 Å². The fraction of sp³-hybridized carbons (Fsp3) is 0.700. The Bertz CT molecular complexity index is 491. The average molecular weight is 335 g/mol. The Kier molecular flexibility index (Phi) is 7.86. The Morgan fingerprint density at radius 2 is 1.96 bits per heavy atom. The number of ether oxygens (including phenoxy) is 2. The second-order valence-electron chi connectivity index (χ2n) is 6.51. The van der Waals surface area contributed by atoms with Crippen molar-refractivity contribution in [2.75, 3.05) is 32.8 Å². The molecule has 0 amide bonds. The van der Waals surface area contributed by atoms with Gasteiger partial charge in [-0.25, -0.2) is 0 Å². The summed E-state index contributed by atoms with van der Waals surface area (Å²) in [7, 11) is 0. The third kappa shape index (κ3) is 4.64. The predicted octanol–water partition coefficient (Wildman–Crippen LogP) is 3.79. The molecule has 0 radical (unpaired) electrons. The highest BCUT2D eigenvalue weighted by Gasteiger charge is 2.31. The zero-order valence-corrected chi connectivity index (χ0v) is 15.6. The van der Waals surface area contributed by atoms with E-state index in [1.165, 1.54) is 37.8 Å². The molecule has 1 heterocycles. The molecular formula is C20H34N2O2. The number of benzene rings is 1. The van der Waals surface area contributed by atoms with Crippen LogP contribution in [0.25, 0.3) is 0 Å². The minimum absolute atomic E-state index is 0.314. The zero-order valence-electron chi connectivity index (χ0n) is 15.6. The first-order valence-corrected chi connectivity index (χ1v) is 9.58. The van der Waals surface area contributed by atoms with E-state index < -0.39 is 0 Å². The lowest BCUT2D eigenvalue weighted by Gasteiger charge is -2.40. The summed E-state index contributed by atoms with van der Waals surface area (Å²) in [5.41, 5.74) is 7.47. The first-order valence-electron chi connectivity index (χ1n) is 9.58. The molecular weight excluding hydrogens is 300 g/mol. The summed E-state index contributed by atoms with van der Waals surface area (Å²) < 4.78 is 11.6. The molecule has 1 aromatic carbocycles. The van der Waals surface area contributed by atoms with Crippen molar-refractivity contribution in [1.29, 1.82) is 0 Å². The Labute approximate surface area is 147 Å². The highest BCUT2D eigenvalue weighted by molar-refractivity contribution is 5.43. The van der Waals surface area contributed by atoms with Gasteiger partial charge in [-0.2, -0.15) is 0 Å². The van der Waals surface area contributed by atoms with E-state index in [0.717, 1.165) is 18.0 Å². The summed E-state index contributed by atoms with van der Waals surface area (Å²) in [4.78, 5) is 2.63. The minimum atomic E-state index is 0.314. The highest BCUT2D eigenvalue weighted by atomic mass is 16.5. The quantitative estimate of drug-likeness (QED) is 0.746. The van der Waals surface area contributed by atoms with Crippen molar-refractivity contribution in [1.82, 2.24) is 4.90 Å². The van der Waals surface area contributed by atoms with Gasteiger partial charge in [0.15, 0.2) is 0 Å². The fourth-order valence-corrected chi connectivity index (χ4v) is 3.89. The molecule has 24 heavy (non-hydrogen) atoms. The molecule has 0 aromatic heterocycles. The van der Waals surface area contributed by atoms with Crippen LogP contribution in [0.4, 0.5) is 0 Å². The van der Waals surface area contributed by atoms with Crippen LogP contribution in [0.2, 0.25) is 0 Å². The Balaban J connectivity index is 2.30. The molecule has 4 heteroatoms. The maximum absolute atomic E-state index is 6.24.